The summed E-state index contributed by atoms with van der Waals surface area (Å²) in [6.07, 6.45) is 8.05. The molecule has 4 aliphatic carbocycles. The number of nitrogens with two attached hydrogens (primary N) is 1. The number of hydrogen-bond donors (Lipinski definition) is 2. The van der Waals surface area contributed by atoms with E-state index in [0.29, 0.717) is 28.9 Å². The quantitative estimate of drug-likeness (QED) is 0.591. The molecule has 0 radical (unpaired) electrons. The van der Waals surface area contributed by atoms with Crippen molar-refractivity contribution >= 4 is 21.8 Å². The molecule has 0 heterocycles. The monoisotopic (exact) mass is 464 g/mol. The van der Waals surface area contributed by atoms with Crippen LogP contribution in [0, 0.1) is 16.7 Å². The molecule has 4 aliphatic rings. The number of halogens is 1. The fourth-order valence-electron chi connectivity index (χ4n) is 7.20. The number of primary amides is 1. The normalized spacial score (nSPS) is 35.0. The molecule has 4 fully saturated rings. The van der Waals surface area contributed by atoms with Crippen LogP contribution in [-0.4, -0.2) is 24.7 Å². The van der Waals surface area contributed by atoms with Gasteiger partial charge in [-0.15, -0.1) is 0 Å². The Morgan fingerprint density at radius 1 is 1.17 bits per heavy atom. The van der Waals surface area contributed by atoms with Crippen molar-refractivity contribution in [1.82, 2.24) is 5.32 Å². The van der Waals surface area contributed by atoms with Gasteiger partial charge in [0.05, 0.1) is 11.1 Å². The molecule has 29 heavy (non-hydrogen) atoms. The Kier molecular flexibility index (Phi) is 5.39. The Balaban J connectivity index is 1.52. The van der Waals surface area contributed by atoms with Gasteiger partial charge in [0.15, 0.2) is 18.1 Å². The van der Waals surface area contributed by atoms with Crippen LogP contribution < -0.4 is 20.5 Å². The minimum Gasteiger partial charge on any atom is -0.490 e. The summed E-state index contributed by atoms with van der Waals surface area (Å²) in [5.74, 6) is 1.53. The van der Waals surface area contributed by atoms with Gasteiger partial charge in [-0.05, 0) is 95.8 Å². The van der Waals surface area contributed by atoms with Crippen molar-refractivity contribution in [3.63, 3.8) is 0 Å². The van der Waals surface area contributed by atoms with Crippen molar-refractivity contribution in [3.8, 4) is 11.5 Å². The highest BCUT2D eigenvalue weighted by molar-refractivity contribution is 9.10. The zero-order valence-corrected chi connectivity index (χ0v) is 19.4. The van der Waals surface area contributed by atoms with Gasteiger partial charge >= 0.3 is 0 Å². The molecule has 2 atom stereocenters. The van der Waals surface area contributed by atoms with E-state index in [0.717, 1.165) is 22.5 Å². The van der Waals surface area contributed by atoms with Crippen LogP contribution in [0.15, 0.2) is 16.6 Å². The number of benzene rings is 1. The van der Waals surface area contributed by atoms with Crippen LogP contribution in [0.5, 0.6) is 11.5 Å². The maximum atomic E-state index is 11.1. The molecule has 1 amide bonds. The molecule has 5 nitrogen and oxygen atoms in total. The number of rotatable bonds is 8. The van der Waals surface area contributed by atoms with Crippen LogP contribution >= 0.6 is 15.9 Å². The first kappa shape index (κ1) is 21.0. The third kappa shape index (κ3) is 4.29. The Hall–Kier alpha value is -1.27. The standard InChI is InChI=1S/C23H33BrN2O3/c1-4-28-18-6-15(5-17(24)20(18)29-11-19(25)27)10-26-23-9-16-7-21(2,13-23)12-22(3,8-16)14-23/h5-6,16,26H,4,7-14H2,1-3H3,(H2,25,27). The smallest absolute Gasteiger partial charge is 0.255 e. The number of carbonyl (C=O) groups is 1. The van der Waals surface area contributed by atoms with Crippen molar-refractivity contribution in [2.75, 3.05) is 13.2 Å². The van der Waals surface area contributed by atoms with E-state index in [2.05, 4.69) is 41.2 Å². The SMILES string of the molecule is CCOc1cc(CNC23CC4CC(C)(CC(C)(C4)C2)C3)cc(Br)c1OCC(N)=O. The van der Waals surface area contributed by atoms with E-state index in [-0.39, 0.29) is 12.1 Å². The summed E-state index contributed by atoms with van der Waals surface area (Å²) in [5.41, 5.74) is 7.61. The van der Waals surface area contributed by atoms with Crippen LogP contribution in [-0.2, 0) is 11.3 Å². The maximum Gasteiger partial charge on any atom is 0.255 e. The van der Waals surface area contributed by atoms with Gasteiger partial charge in [-0.1, -0.05) is 13.8 Å². The Morgan fingerprint density at radius 2 is 1.86 bits per heavy atom. The number of ether oxygens (including phenoxy) is 2. The molecule has 1 aromatic rings. The minimum atomic E-state index is -0.506. The molecule has 1 aromatic carbocycles. The summed E-state index contributed by atoms with van der Waals surface area (Å²) in [6.45, 7) is 8.10. The molecular formula is C23H33BrN2O3. The van der Waals surface area contributed by atoms with Gasteiger partial charge in [-0.2, -0.15) is 0 Å². The van der Waals surface area contributed by atoms with Gasteiger partial charge in [0.25, 0.3) is 5.91 Å². The highest BCUT2D eigenvalue weighted by atomic mass is 79.9. The van der Waals surface area contributed by atoms with E-state index in [9.17, 15) is 4.79 Å². The molecule has 160 valence electrons. The largest absolute Gasteiger partial charge is 0.490 e. The predicted molar refractivity (Wildman–Crippen MR) is 117 cm³/mol. The highest BCUT2D eigenvalue weighted by Gasteiger charge is 2.59. The van der Waals surface area contributed by atoms with E-state index in [1.807, 2.05) is 13.0 Å². The number of carbonyl (C=O) groups excluding carboxylic acids is 1. The summed E-state index contributed by atoms with van der Waals surface area (Å²) in [5, 5.41) is 3.97. The molecule has 5 rings (SSSR count). The topological polar surface area (TPSA) is 73.6 Å². The average molecular weight is 465 g/mol. The van der Waals surface area contributed by atoms with Crippen molar-refractivity contribution in [2.45, 2.75) is 71.4 Å². The highest BCUT2D eigenvalue weighted by Crippen LogP contribution is 2.66. The molecule has 4 bridgehead atoms. The van der Waals surface area contributed by atoms with Crippen molar-refractivity contribution < 1.29 is 14.3 Å². The summed E-state index contributed by atoms with van der Waals surface area (Å²) in [4.78, 5) is 11.1. The summed E-state index contributed by atoms with van der Waals surface area (Å²) in [6, 6.07) is 4.07. The van der Waals surface area contributed by atoms with E-state index >= 15 is 0 Å². The Labute approximate surface area is 182 Å². The minimum absolute atomic E-state index is 0.169. The second-order valence-corrected chi connectivity index (χ2v) is 11.2. The molecule has 0 aromatic heterocycles. The molecule has 0 aliphatic heterocycles. The van der Waals surface area contributed by atoms with Crippen LogP contribution in [0.4, 0.5) is 0 Å². The van der Waals surface area contributed by atoms with Gasteiger partial charge in [0, 0.05) is 12.1 Å². The van der Waals surface area contributed by atoms with E-state index in [1.165, 1.54) is 38.5 Å². The molecular weight excluding hydrogens is 432 g/mol. The fourth-order valence-corrected chi connectivity index (χ4v) is 7.81. The predicted octanol–water partition coefficient (Wildman–Crippen LogP) is 4.55. The van der Waals surface area contributed by atoms with E-state index in [1.54, 1.807) is 0 Å². The average Bonchev–Trinajstić information content (AvgIpc) is 2.56. The second kappa shape index (κ2) is 7.45. The van der Waals surface area contributed by atoms with Gasteiger partial charge in [0.1, 0.15) is 0 Å². The van der Waals surface area contributed by atoms with Gasteiger partial charge in [-0.25, -0.2) is 0 Å². The van der Waals surface area contributed by atoms with Crippen molar-refractivity contribution in [3.05, 3.63) is 22.2 Å². The Morgan fingerprint density at radius 3 is 2.45 bits per heavy atom. The molecule has 0 spiro atoms. The number of amides is 1. The van der Waals surface area contributed by atoms with Crippen LogP contribution in [0.3, 0.4) is 0 Å². The third-order valence-electron chi connectivity index (χ3n) is 7.02. The van der Waals surface area contributed by atoms with Crippen LogP contribution in [0.1, 0.15) is 64.9 Å². The first-order valence-electron chi connectivity index (χ1n) is 10.7. The van der Waals surface area contributed by atoms with E-state index < -0.39 is 5.91 Å². The van der Waals surface area contributed by atoms with Gasteiger partial charge in [0.2, 0.25) is 0 Å². The molecule has 4 saturated carbocycles. The number of nitrogens with one attached hydrogen (secondary N) is 1. The van der Waals surface area contributed by atoms with Gasteiger partial charge in [-0.3, -0.25) is 4.79 Å². The second-order valence-electron chi connectivity index (χ2n) is 10.4. The van der Waals surface area contributed by atoms with Crippen LogP contribution in [0.2, 0.25) is 0 Å². The zero-order chi connectivity index (χ0) is 20.9. The van der Waals surface area contributed by atoms with Crippen molar-refractivity contribution in [2.24, 2.45) is 22.5 Å². The lowest BCUT2D eigenvalue weighted by Crippen LogP contribution is -2.63. The van der Waals surface area contributed by atoms with E-state index in [4.69, 9.17) is 15.2 Å². The first-order valence-corrected chi connectivity index (χ1v) is 11.5. The third-order valence-corrected chi connectivity index (χ3v) is 7.61. The molecule has 0 saturated heterocycles. The summed E-state index contributed by atoms with van der Waals surface area (Å²) < 4.78 is 12.1. The Bertz CT molecular complexity index is 794. The zero-order valence-electron chi connectivity index (χ0n) is 17.8. The maximum absolute atomic E-state index is 11.1. The fraction of sp³-hybridized carbons (Fsp3) is 0.696. The lowest BCUT2D eigenvalue weighted by Gasteiger charge is -2.65. The van der Waals surface area contributed by atoms with Crippen molar-refractivity contribution in [1.29, 1.82) is 0 Å². The first-order chi connectivity index (χ1) is 13.6. The molecule has 3 N–H and O–H groups in total. The summed E-state index contributed by atoms with van der Waals surface area (Å²) >= 11 is 3.58. The van der Waals surface area contributed by atoms with Crippen LogP contribution in [0.25, 0.3) is 0 Å². The van der Waals surface area contributed by atoms with Gasteiger partial charge < -0.3 is 20.5 Å². The lowest BCUT2D eigenvalue weighted by molar-refractivity contribution is -0.120. The lowest BCUT2D eigenvalue weighted by atomic mass is 9.43. The summed E-state index contributed by atoms with van der Waals surface area (Å²) in [7, 11) is 0. The molecule has 2 unspecified atom stereocenters. The molecule has 6 heteroatoms. The number of hydrogen-bond acceptors (Lipinski definition) is 4.